The van der Waals surface area contributed by atoms with Gasteiger partial charge in [-0.05, 0) is 32.0 Å². The Labute approximate surface area is 155 Å². The Morgan fingerprint density at radius 2 is 1.52 bits per heavy atom. The van der Waals surface area contributed by atoms with Crippen LogP contribution in [-0.2, 0) is 6.54 Å². The van der Waals surface area contributed by atoms with E-state index < -0.39 is 16.7 Å². The molecule has 0 unspecified atom stereocenters. The predicted molar refractivity (Wildman–Crippen MR) is 96.1 cm³/mol. The fourth-order valence-corrected chi connectivity index (χ4v) is 2.97. The highest BCUT2D eigenvalue weighted by Gasteiger charge is 2.36. The molecule has 140 valence electrons. The van der Waals surface area contributed by atoms with Crippen LogP contribution < -0.4 is 9.47 Å². The third-order valence-corrected chi connectivity index (χ3v) is 4.15. The highest BCUT2D eigenvalue weighted by atomic mass is 16.6. The van der Waals surface area contributed by atoms with Crippen LogP contribution >= 0.6 is 0 Å². The van der Waals surface area contributed by atoms with Gasteiger partial charge in [-0.3, -0.25) is 24.6 Å². The van der Waals surface area contributed by atoms with Crippen molar-refractivity contribution in [1.82, 2.24) is 4.90 Å². The van der Waals surface area contributed by atoms with Crippen molar-refractivity contribution in [2.24, 2.45) is 0 Å². The second kappa shape index (κ2) is 7.45. The van der Waals surface area contributed by atoms with Gasteiger partial charge < -0.3 is 9.47 Å². The molecular formula is C19H18N2O6. The summed E-state index contributed by atoms with van der Waals surface area (Å²) in [6, 6.07) is 9.30. The molecule has 1 aliphatic rings. The minimum atomic E-state index is -0.556. The molecule has 0 aliphatic carbocycles. The molecular weight excluding hydrogens is 352 g/mol. The summed E-state index contributed by atoms with van der Waals surface area (Å²) in [5.41, 5.74) is 0.909. The maximum Gasteiger partial charge on any atom is 0.314 e. The van der Waals surface area contributed by atoms with Gasteiger partial charge in [-0.15, -0.1) is 0 Å². The highest BCUT2D eigenvalue weighted by molar-refractivity contribution is 6.21. The van der Waals surface area contributed by atoms with Gasteiger partial charge in [0.1, 0.15) is 5.75 Å². The molecule has 0 radical (unpaired) electrons. The van der Waals surface area contributed by atoms with Crippen molar-refractivity contribution in [1.29, 1.82) is 0 Å². The number of benzene rings is 2. The minimum absolute atomic E-state index is 0.0672. The van der Waals surface area contributed by atoms with E-state index in [1.54, 1.807) is 38.1 Å². The topological polar surface area (TPSA) is 99.0 Å². The molecule has 2 aromatic rings. The van der Waals surface area contributed by atoms with Crippen molar-refractivity contribution in [2.45, 2.75) is 20.4 Å². The number of carbonyl (C=O) groups is 2. The number of hydrogen-bond donors (Lipinski definition) is 0. The average Bonchev–Trinajstić information content (AvgIpc) is 2.89. The first-order chi connectivity index (χ1) is 13.0. The lowest BCUT2D eigenvalue weighted by Crippen LogP contribution is -2.29. The largest absolute Gasteiger partial charge is 0.493 e. The monoisotopic (exact) mass is 370 g/mol. The van der Waals surface area contributed by atoms with Gasteiger partial charge in [0.15, 0.2) is 5.75 Å². The van der Waals surface area contributed by atoms with Crippen LogP contribution in [0, 0.1) is 10.1 Å². The molecule has 0 aromatic heterocycles. The quantitative estimate of drug-likeness (QED) is 0.422. The van der Waals surface area contributed by atoms with E-state index in [9.17, 15) is 19.7 Å². The van der Waals surface area contributed by atoms with Gasteiger partial charge >= 0.3 is 5.69 Å². The fourth-order valence-electron chi connectivity index (χ4n) is 2.97. The Balaban J connectivity index is 2.01. The first-order valence-corrected chi connectivity index (χ1v) is 8.50. The summed E-state index contributed by atoms with van der Waals surface area (Å²) in [7, 11) is 0. The number of carbonyl (C=O) groups excluding carboxylic acids is 2. The molecule has 2 aromatic carbocycles. The van der Waals surface area contributed by atoms with Gasteiger partial charge in [0.25, 0.3) is 11.8 Å². The van der Waals surface area contributed by atoms with E-state index in [-0.39, 0.29) is 36.9 Å². The van der Waals surface area contributed by atoms with Gasteiger partial charge in [-0.1, -0.05) is 12.1 Å². The Kier molecular flexibility index (Phi) is 5.07. The predicted octanol–water partition coefficient (Wildman–Crippen LogP) is 3.19. The number of nitro benzene ring substituents is 1. The van der Waals surface area contributed by atoms with E-state index in [1.807, 2.05) is 0 Å². The van der Waals surface area contributed by atoms with E-state index in [4.69, 9.17) is 9.47 Å². The lowest BCUT2D eigenvalue weighted by molar-refractivity contribution is -0.385. The van der Waals surface area contributed by atoms with Crippen LogP contribution in [0.25, 0.3) is 0 Å². The summed E-state index contributed by atoms with van der Waals surface area (Å²) in [5.74, 6) is -0.509. The zero-order valence-electron chi connectivity index (χ0n) is 14.9. The number of ether oxygens (including phenoxy) is 2. The molecule has 1 aliphatic heterocycles. The van der Waals surface area contributed by atoms with Crippen molar-refractivity contribution >= 4 is 17.5 Å². The van der Waals surface area contributed by atoms with Crippen LogP contribution in [-0.4, -0.2) is 34.9 Å². The minimum Gasteiger partial charge on any atom is -0.493 e. The average molecular weight is 370 g/mol. The number of fused-ring (bicyclic) bond motifs is 1. The maximum absolute atomic E-state index is 12.6. The first kappa shape index (κ1) is 18.4. The number of nitrogens with zero attached hydrogens (tertiary/aromatic N) is 2. The van der Waals surface area contributed by atoms with Crippen LogP contribution in [0.1, 0.15) is 40.1 Å². The molecule has 0 atom stereocenters. The molecule has 8 nitrogen and oxygen atoms in total. The van der Waals surface area contributed by atoms with Gasteiger partial charge in [0.05, 0.1) is 41.9 Å². The summed E-state index contributed by atoms with van der Waals surface area (Å²) >= 11 is 0. The molecule has 0 saturated heterocycles. The Morgan fingerprint density at radius 3 is 2.04 bits per heavy atom. The normalized spacial score (nSPS) is 12.9. The molecule has 0 fully saturated rings. The molecule has 27 heavy (non-hydrogen) atoms. The van der Waals surface area contributed by atoms with E-state index in [2.05, 4.69) is 0 Å². The molecule has 0 bridgehead atoms. The maximum atomic E-state index is 12.6. The molecule has 8 heteroatoms. The molecule has 3 rings (SSSR count). The number of nitro groups is 1. The summed E-state index contributed by atoms with van der Waals surface area (Å²) in [5, 5.41) is 11.3. The second-order valence-corrected chi connectivity index (χ2v) is 5.79. The van der Waals surface area contributed by atoms with E-state index >= 15 is 0 Å². The fraction of sp³-hybridized carbons (Fsp3) is 0.263. The van der Waals surface area contributed by atoms with Gasteiger partial charge in [0, 0.05) is 5.56 Å². The van der Waals surface area contributed by atoms with E-state index in [1.165, 1.54) is 12.1 Å². The van der Waals surface area contributed by atoms with Crippen LogP contribution in [0.4, 0.5) is 5.69 Å². The van der Waals surface area contributed by atoms with Gasteiger partial charge in [0.2, 0.25) is 0 Å². The zero-order chi connectivity index (χ0) is 19.6. The highest BCUT2D eigenvalue weighted by Crippen LogP contribution is 2.36. The van der Waals surface area contributed by atoms with Crippen molar-refractivity contribution in [3.05, 3.63) is 63.2 Å². The lowest BCUT2D eigenvalue weighted by atomic mass is 10.1. The zero-order valence-corrected chi connectivity index (χ0v) is 14.9. The standard InChI is InChI=1S/C19H18N2O6/c1-3-26-16-10-15(21(24)25)17(27-4-2)9-12(16)11-20-18(22)13-7-5-6-8-14(13)19(20)23/h5-10H,3-4,11H2,1-2H3. The molecule has 1 heterocycles. The van der Waals surface area contributed by atoms with Gasteiger partial charge in [-0.25, -0.2) is 0 Å². The summed E-state index contributed by atoms with van der Waals surface area (Å²) in [4.78, 5) is 37.0. The van der Waals surface area contributed by atoms with Gasteiger partial charge in [-0.2, -0.15) is 0 Å². The third kappa shape index (κ3) is 3.33. The van der Waals surface area contributed by atoms with Crippen molar-refractivity contribution in [2.75, 3.05) is 13.2 Å². The Morgan fingerprint density at radius 1 is 0.963 bits per heavy atom. The first-order valence-electron chi connectivity index (χ1n) is 8.50. The van der Waals surface area contributed by atoms with Crippen molar-refractivity contribution in [3.63, 3.8) is 0 Å². The summed E-state index contributed by atoms with van der Waals surface area (Å²) in [6.07, 6.45) is 0. The van der Waals surface area contributed by atoms with E-state index in [0.717, 1.165) is 4.90 Å². The number of rotatable bonds is 7. The van der Waals surface area contributed by atoms with Crippen LogP contribution in [0.2, 0.25) is 0 Å². The Bertz CT molecular complexity index is 889. The smallest absolute Gasteiger partial charge is 0.314 e. The van der Waals surface area contributed by atoms with Crippen LogP contribution in [0.3, 0.4) is 0 Å². The molecule has 0 saturated carbocycles. The lowest BCUT2D eigenvalue weighted by Gasteiger charge is -2.18. The third-order valence-electron chi connectivity index (χ3n) is 4.15. The molecule has 0 spiro atoms. The van der Waals surface area contributed by atoms with Crippen molar-refractivity contribution in [3.8, 4) is 11.5 Å². The molecule has 2 amide bonds. The van der Waals surface area contributed by atoms with Crippen LogP contribution in [0.5, 0.6) is 11.5 Å². The SMILES string of the molecule is CCOc1cc([N+](=O)[O-])c(OCC)cc1CN1C(=O)c2ccccc2C1=O. The van der Waals surface area contributed by atoms with Crippen LogP contribution in [0.15, 0.2) is 36.4 Å². The summed E-state index contributed by atoms with van der Waals surface area (Å²) in [6.45, 7) is 3.90. The van der Waals surface area contributed by atoms with Crippen molar-refractivity contribution < 1.29 is 24.0 Å². The number of hydrogen-bond acceptors (Lipinski definition) is 6. The number of imide groups is 1. The van der Waals surface area contributed by atoms with E-state index in [0.29, 0.717) is 16.7 Å². The Hall–Kier alpha value is -3.42. The molecule has 0 N–H and O–H groups in total. The second-order valence-electron chi connectivity index (χ2n) is 5.79. The summed E-state index contributed by atoms with van der Waals surface area (Å²) < 4.78 is 10.9. The number of amides is 2.